The SMILES string of the molecule is COc1ccc(NC(=O)C(C)OC)c(Cl)c1. The Labute approximate surface area is 99.5 Å². The molecule has 5 heteroatoms. The zero-order valence-electron chi connectivity index (χ0n) is 9.41. The van der Waals surface area contributed by atoms with Crippen molar-refractivity contribution >= 4 is 23.2 Å². The van der Waals surface area contributed by atoms with Crippen molar-refractivity contribution in [1.82, 2.24) is 0 Å². The lowest BCUT2D eigenvalue weighted by Crippen LogP contribution is -2.26. The molecular weight excluding hydrogens is 230 g/mol. The van der Waals surface area contributed by atoms with Crippen molar-refractivity contribution in [2.24, 2.45) is 0 Å². The van der Waals surface area contributed by atoms with Gasteiger partial charge in [-0.2, -0.15) is 0 Å². The van der Waals surface area contributed by atoms with Gasteiger partial charge in [0.1, 0.15) is 11.9 Å². The van der Waals surface area contributed by atoms with Crippen molar-refractivity contribution < 1.29 is 14.3 Å². The molecule has 1 amide bonds. The molecule has 1 aromatic rings. The zero-order chi connectivity index (χ0) is 12.1. The largest absolute Gasteiger partial charge is 0.497 e. The number of hydrogen-bond donors (Lipinski definition) is 1. The van der Waals surface area contributed by atoms with Crippen molar-refractivity contribution in [3.05, 3.63) is 23.2 Å². The lowest BCUT2D eigenvalue weighted by atomic mass is 10.3. The summed E-state index contributed by atoms with van der Waals surface area (Å²) in [6.45, 7) is 1.66. The number of rotatable bonds is 4. The lowest BCUT2D eigenvalue weighted by Gasteiger charge is -2.12. The maximum absolute atomic E-state index is 11.5. The van der Waals surface area contributed by atoms with E-state index in [0.717, 1.165) is 0 Å². The zero-order valence-corrected chi connectivity index (χ0v) is 10.2. The van der Waals surface area contributed by atoms with Gasteiger partial charge in [-0.05, 0) is 19.1 Å². The third kappa shape index (κ3) is 3.12. The van der Waals surface area contributed by atoms with Crippen molar-refractivity contribution in [2.45, 2.75) is 13.0 Å². The Balaban J connectivity index is 2.78. The van der Waals surface area contributed by atoms with E-state index >= 15 is 0 Å². The monoisotopic (exact) mass is 243 g/mol. The van der Waals surface area contributed by atoms with Gasteiger partial charge in [0.15, 0.2) is 0 Å². The molecule has 0 bridgehead atoms. The van der Waals surface area contributed by atoms with Crippen LogP contribution in [0.25, 0.3) is 0 Å². The van der Waals surface area contributed by atoms with Gasteiger partial charge >= 0.3 is 0 Å². The number of ether oxygens (including phenoxy) is 2. The Morgan fingerprint density at radius 1 is 1.44 bits per heavy atom. The highest BCUT2D eigenvalue weighted by atomic mass is 35.5. The Hall–Kier alpha value is -1.26. The van der Waals surface area contributed by atoms with E-state index in [4.69, 9.17) is 21.1 Å². The highest BCUT2D eigenvalue weighted by Gasteiger charge is 2.13. The third-order valence-corrected chi connectivity index (χ3v) is 2.47. The van der Waals surface area contributed by atoms with Gasteiger partial charge in [0, 0.05) is 13.2 Å². The molecule has 0 radical (unpaired) electrons. The first-order chi connectivity index (χ1) is 7.58. The summed E-state index contributed by atoms with van der Waals surface area (Å²) < 4.78 is 9.89. The van der Waals surface area contributed by atoms with Crippen LogP contribution in [0.3, 0.4) is 0 Å². The minimum absolute atomic E-state index is 0.241. The number of carbonyl (C=O) groups is 1. The summed E-state index contributed by atoms with van der Waals surface area (Å²) in [5.74, 6) is 0.400. The average Bonchev–Trinajstić information content (AvgIpc) is 2.30. The molecule has 1 aromatic carbocycles. The fraction of sp³-hybridized carbons (Fsp3) is 0.364. The van der Waals surface area contributed by atoms with Crippen LogP contribution in [0.2, 0.25) is 5.02 Å². The first kappa shape index (κ1) is 12.8. The number of methoxy groups -OCH3 is 2. The van der Waals surface area contributed by atoms with Crippen LogP contribution in [-0.4, -0.2) is 26.2 Å². The number of nitrogens with one attached hydrogen (secondary N) is 1. The van der Waals surface area contributed by atoms with Crippen LogP contribution in [0.1, 0.15) is 6.92 Å². The molecule has 88 valence electrons. The minimum Gasteiger partial charge on any atom is -0.497 e. The maximum Gasteiger partial charge on any atom is 0.253 e. The summed E-state index contributed by atoms with van der Waals surface area (Å²) in [6, 6.07) is 5.04. The fourth-order valence-corrected chi connectivity index (χ4v) is 1.28. The van der Waals surface area contributed by atoms with Gasteiger partial charge in [0.05, 0.1) is 17.8 Å². The van der Waals surface area contributed by atoms with Crippen LogP contribution < -0.4 is 10.1 Å². The standard InChI is InChI=1S/C11H14ClNO3/c1-7(15-2)11(14)13-10-5-4-8(16-3)6-9(10)12/h4-7H,1-3H3,(H,13,14). The molecule has 0 fully saturated rings. The lowest BCUT2D eigenvalue weighted by molar-refractivity contribution is -0.124. The smallest absolute Gasteiger partial charge is 0.253 e. The van der Waals surface area contributed by atoms with Gasteiger partial charge in [-0.3, -0.25) is 4.79 Å². The van der Waals surface area contributed by atoms with Gasteiger partial charge < -0.3 is 14.8 Å². The summed E-state index contributed by atoms with van der Waals surface area (Å²) in [5, 5.41) is 3.09. The molecule has 1 rings (SSSR count). The maximum atomic E-state index is 11.5. The molecule has 0 aliphatic heterocycles. The second kappa shape index (κ2) is 5.72. The molecule has 0 saturated heterocycles. The number of carbonyl (C=O) groups excluding carboxylic acids is 1. The molecule has 1 unspecified atom stereocenters. The molecule has 1 atom stereocenters. The molecule has 4 nitrogen and oxygen atoms in total. The second-order valence-electron chi connectivity index (χ2n) is 3.21. The van der Waals surface area contributed by atoms with Crippen LogP contribution in [0.15, 0.2) is 18.2 Å². The van der Waals surface area contributed by atoms with E-state index in [-0.39, 0.29) is 5.91 Å². The summed E-state index contributed by atoms with van der Waals surface area (Å²) in [6.07, 6.45) is -0.516. The molecule has 0 heterocycles. The summed E-state index contributed by atoms with van der Waals surface area (Å²) in [4.78, 5) is 11.5. The van der Waals surface area contributed by atoms with Gasteiger partial charge in [0.2, 0.25) is 0 Å². The number of benzene rings is 1. The van der Waals surface area contributed by atoms with Crippen LogP contribution in [0.4, 0.5) is 5.69 Å². The number of halogens is 1. The quantitative estimate of drug-likeness (QED) is 0.883. The van der Waals surface area contributed by atoms with E-state index in [1.54, 1.807) is 32.2 Å². The topological polar surface area (TPSA) is 47.6 Å². The van der Waals surface area contributed by atoms with Crippen molar-refractivity contribution in [2.75, 3.05) is 19.5 Å². The number of anilines is 1. The van der Waals surface area contributed by atoms with Crippen LogP contribution in [0.5, 0.6) is 5.75 Å². The van der Waals surface area contributed by atoms with E-state index in [9.17, 15) is 4.79 Å². The first-order valence-electron chi connectivity index (χ1n) is 4.75. The summed E-state index contributed by atoms with van der Waals surface area (Å²) >= 11 is 5.96. The molecule has 0 aromatic heterocycles. The predicted molar refractivity (Wildman–Crippen MR) is 63.1 cm³/mol. The van der Waals surface area contributed by atoms with E-state index in [1.165, 1.54) is 7.11 Å². The molecule has 0 spiro atoms. The normalized spacial score (nSPS) is 12.0. The van der Waals surface area contributed by atoms with E-state index < -0.39 is 6.10 Å². The van der Waals surface area contributed by atoms with Gasteiger partial charge in [-0.15, -0.1) is 0 Å². The number of hydrogen-bond acceptors (Lipinski definition) is 3. The molecule has 0 aliphatic carbocycles. The second-order valence-corrected chi connectivity index (χ2v) is 3.62. The molecule has 16 heavy (non-hydrogen) atoms. The molecule has 0 saturated carbocycles. The van der Waals surface area contributed by atoms with E-state index in [0.29, 0.717) is 16.5 Å². The highest BCUT2D eigenvalue weighted by molar-refractivity contribution is 6.33. The van der Waals surface area contributed by atoms with Gasteiger partial charge in [0.25, 0.3) is 5.91 Å². The third-order valence-electron chi connectivity index (χ3n) is 2.16. The first-order valence-corrected chi connectivity index (χ1v) is 5.13. The molecule has 0 aliphatic rings. The predicted octanol–water partition coefficient (Wildman–Crippen LogP) is 2.32. The van der Waals surface area contributed by atoms with E-state index in [2.05, 4.69) is 5.32 Å². The summed E-state index contributed by atoms with van der Waals surface area (Å²) in [7, 11) is 3.02. The van der Waals surface area contributed by atoms with Crippen molar-refractivity contribution in [1.29, 1.82) is 0 Å². The Kier molecular flexibility index (Phi) is 4.58. The van der Waals surface area contributed by atoms with Crippen molar-refractivity contribution in [3.8, 4) is 5.75 Å². The number of amides is 1. The summed E-state index contributed by atoms with van der Waals surface area (Å²) in [5.41, 5.74) is 0.538. The Bertz CT molecular complexity index is 381. The highest BCUT2D eigenvalue weighted by Crippen LogP contribution is 2.26. The minimum atomic E-state index is -0.516. The van der Waals surface area contributed by atoms with Crippen LogP contribution >= 0.6 is 11.6 Å². The van der Waals surface area contributed by atoms with Crippen LogP contribution in [0, 0.1) is 0 Å². The fourth-order valence-electron chi connectivity index (χ4n) is 1.07. The molecule has 1 N–H and O–H groups in total. The Morgan fingerprint density at radius 3 is 2.62 bits per heavy atom. The Morgan fingerprint density at radius 2 is 2.12 bits per heavy atom. The van der Waals surface area contributed by atoms with Gasteiger partial charge in [-0.1, -0.05) is 11.6 Å². The van der Waals surface area contributed by atoms with Crippen molar-refractivity contribution in [3.63, 3.8) is 0 Å². The van der Waals surface area contributed by atoms with Crippen LogP contribution in [-0.2, 0) is 9.53 Å². The van der Waals surface area contributed by atoms with Gasteiger partial charge in [-0.25, -0.2) is 0 Å². The average molecular weight is 244 g/mol. The molecular formula is C11H14ClNO3. The van der Waals surface area contributed by atoms with E-state index in [1.807, 2.05) is 0 Å².